The van der Waals surface area contributed by atoms with Gasteiger partial charge >= 0.3 is 5.97 Å². The summed E-state index contributed by atoms with van der Waals surface area (Å²) in [4.78, 5) is 36.2. The zero-order valence-corrected chi connectivity index (χ0v) is 11.8. The van der Waals surface area contributed by atoms with Gasteiger partial charge in [0.15, 0.2) is 0 Å². The third-order valence-corrected chi connectivity index (χ3v) is 4.45. The highest BCUT2D eigenvalue weighted by Gasteiger charge is 2.47. The number of hydrogen-bond acceptors (Lipinski definition) is 3. The van der Waals surface area contributed by atoms with Crippen molar-refractivity contribution in [2.24, 2.45) is 11.8 Å². The Labute approximate surface area is 119 Å². The van der Waals surface area contributed by atoms with E-state index in [0.717, 1.165) is 44.9 Å². The number of unbranched alkanes of at least 4 members (excludes halogenated alkanes) is 3. The molecule has 0 aromatic heterocycles. The number of amides is 2. The molecule has 0 aromatic rings. The lowest BCUT2D eigenvalue weighted by molar-refractivity contribution is -0.140. The topological polar surface area (TPSA) is 74.7 Å². The van der Waals surface area contributed by atoms with Gasteiger partial charge in [0.1, 0.15) is 0 Å². The van der Waals surface area contributed by atoms with Crippen LogP contribution in [0.1, 0.15) is 57.8 Å². The third-order valence-electron chi connectivity index (χ3n) is 4.45. The summed E-state index contributed by atoms with van der Waals surface area (Å²) in [6.45, 7) is 0.512. The number of carboxylic acids is 1. The van der Waals surface area contributed by atoms with Crippen molar-refractivity contribution in [3.63, 3.8) is 0 Å². The summed E-state index contributed by atoms with van der Waals surface area (Å²) in [6, 6.07) is 0. The molecule has 1 aliphatic heterocycles. The summed E-state index contributed by atoms with van der Waals surface area (Å²) in [6.07, 6.45) is 7.22. The van der Waals surface area contributed by atoms with Gasteiger partial charge < -0.3 is 5.11 Å². The molecular formula is C15H23NO4. The normalized spacial score (nSPS) is 25.9. The Morgan fingerprint density at radius 2 is 1.55 bits per heavy atom. The van der Waals surface area contributed by atoms with Gasteiger partial charge in [-0.15, -0.1) is 0 Å². The van der Waals surface area contributed by atoms with E-state index >= 15 is 0 Å². The minimum absolute atomic E-state index is 0.0326. The van der Waals surface area contributed by atoms with Gasteiger partial charge in [0.25, 0.3) is 0 Å². The van der Waals surface area contributed by atoms with Crippen molar-refractivity contribution >= 4 is 17.8 Å². The van der Waals surface area contributed by atoms with Crippen molar-refractivity contribution in [1.29, 1.82) is 0 Å². The van der Waals surface area contributed by atoms with Crippen LogP contribution in [0.25, 0.3) is 0 Å². The Morgan fingerprint density at radius 3 is 2.10 bits per heavy atom. The van der Waals surface area contributed by atoms with Crippen molar-refractivity contribution in [3.8, 4) is 0 Å². The number of aliphatic carboxylic acids is 1. The van der Waals surface area contributed by atoms with E-state index in [-0.39, 0.29) is 30.1 Å². The second-order valence-corrected chi connectivity index (χ2v) is 5.88. The van der Waals surface area contributed by atoms with Crippen molar-refractivity contribution in [2.75, 3.05) is 6.54 Å². The van der Waals surface area contributed by atoms with Gasteiger partial charge in [0.2, 0.25) is 11.8 Å². The largest absolute Gasteiger partial charge is 0.481 e. The minimum atomic E-state index is -0.765. The summed E-state index contributed by atoms with van der Waals surface area (Å²) in [5, 5.41) is 8.53. The van der Waals surface area contributed by atoms with E-state index < -0.39 is 5.97 Å². The molecule has 0 spiro atoms. The van der Waals surface area contributed by atoms with Crippen LogP contribution in [-0.2, 0) is 14.4 Å². The molecule has 1 heterocycles. The average molecular weight is 281 g/mol. The Kier molecular flexibility index (Phi) is 5.15. The molecule has 112 valence electrons. The summed E-state index contributed by atoms with van der Waals surface area (Å²) >= 11 is 0. The van der Waals surface area contributed by atoms with Gasteiger partial charge in [-0.25, -0.2) is 0 Å². The Balaban J connectivity index is 1.71. The molecule has 5 nitrogen and oxygen atoms in total. The molecule has 5 heteroatoms. The van der Waals surface area contributed by atoms with Crippen LogP contribution in [0, 0.1) is 11.8 Å². The van der Waals surface area contributed by atoms with Gasteiger partial charge in [-0.3, -0.25) is 19.3 Å². The van der Waals surface area contributed by atoms with E-state index in [9.17, 15) is 14.4 Å². The van der Waals surface area contributed by atoms with Gasteiger partial charge in [0, 0.05) is 13.0 Å². The Bertz CT molecular complexity index is 369. The summed E-state index contributed by atoms with van der Waals surface area (Å²) in [5.74, 6) is -0.805. The highest BCUT2D eigenvalue weighted by atomic mass is 16.4. The number of hydrogen-bond donors (Lipinski definition) is 1. The van der Waals surface area contributed by atoms with E-state index in [2.05, 4.69) is 0 Å². The van der Waals surface area contributed by atoms with Crippen molar-refractivity contribution in [3.05, 3.63) is 0 Å². The quantitative estimate of drug-likeness (QED) is 0.573. The molecule has 1 aliphatic carbocycles. The van der Waals surface area contributed by atoms with Crippen molar-refractivity contribution in [1.82, 2.24) is 4.90 Å². The smallest absolute Gasteiger partial charge is 0.303 e. The molecule has 2 aliphatic rings. The molecule has 0 radical (unpaired) electrons. The van der Waals surface area contributed by atoms with E-state index in [1.54, 1.807) is 0 Å². The maximum atomic E-state index is 12.2. The molecule has 20 heavy (non-hydrogen) atoms. The highest BCUT2D eigenvalue weighted by molar-refractivity contribution is 6.05. The second kappa shape index (κ2) is 6.86. The number of carbonyl (C=O) groups is 3. The Hall–Kier alpha value is -1.39. The van der Waals surface area contributed by atoms with Crippen molar-refractivity contribution in [2.45, 2.75) is 57.8 Å². The van der Waals surface area contributed by atoms with E-state index in [1.165, 1.54) is 4.90 Å². The summed E-state index contributed by atoms with van der Waals surface area (Å²) in [7, 11) is 0. The molecule has 1 saturated heterocycles. The number of fused-ring (bicyclic) bond motifs is 1. The second-order valence-electron chi connectivity index (χ2n) is 5.88. The maximum Gasteiger partial charge on any atom is 0.303 e. The fourth-order valence-electron chi connectivity index (χ4n) is 3.35. The first kappa shape index (κ1) is 15.0. The number of nitrogens with zero attached hydrogens (tertiary/aromatic N) is 1. The van der Waals surface area contributed by atoms with Crippen LogP contribution >= 0.6 is 0 Å². The lowest BCUT2D eigenvalue weighted by Crippen LogP contribution is -2.32. The first-order valence-electron chi connectivity index (χ1n) is 7.68. The molecule has 1 N–H and O–H groups in total. The number of likely N-dealkylation sites (tertiary alicyclic amines) is 1. The SMILES string of the molecule is O=C(O)CCCCCCN1C(=O)C2CCCCC2C1=O. The van der Waals surface area contributed by atoms with E-state index in [0.29, 0.717) is 13.0 Å². The molecular weight excluding hydrogens is 258 g/mol. The molecule has 2 amide bonds. The monoisotopic (exact) mass is 281 g/mol. The third kappa shape index (κ3) is 3.38. The fraction of sp³-hybridized carbons (Fsp3) is 0.800. The standard InChI is InChI=1S/C15H23NO4/c17-13(18)9-3-1-2-6-10-16-14(19)11-7-4-5-8-12(11)15(16)20/h11-12H,1-10H2,(H,17,18). The first-order chi connectivity index (χ1) is 9.61. The molecule has 0 aromatic carbocycles. The van der Waals surface area contributed by atoms with Crippen LogP contribution in [0.5, 0.6) is 0 Å². The van der Waals surface area contributed by atoms with Crippen LogP contribution in [0.2, 0.25) is 0 Å². The number of imide groups is 1. The first-order valence-corrected chi connectivity index (χ1v) is 7.68. The fourth-order valence-corrected chi connectivity index (χ4v) is 3.35. The molecule has 2 fully saturated rings. The molecule has 2 rings (SSSR count). The van der Waals surface area contributed by atoms with Gasteiger partial charge in [0.05, 0.1) is 11.8 Å². The van der Waals surface area contributed by atoms with Gasteiger partial charge in [-0.2, -0.15) is 0 Å². The van der Waals surface area contributed by atoms with Crippen LogP contribution in [0.3, 0.4) is 0 Å². The Morgan fingerprint density at radius 1 is 1.00 bits per heavy atom. The molecule has 0 bridgehead atoms. The van der Waals surface area contributed by atoms with E-state index in [4.69, 9.17) is 5.11 Å². The van der Waals surface area contributed by atoms with Gasteiger partial charge in [-0.1, -0.05) is 25.7 Å². The average Bonchev–Trinajstić information content (AvgIpc) is 2.67. The predicted octanol–water partition coefficient (Wildman–Crippen LogP) is 2.20. The zero-order chi connectivity index (χ0) is 14.5. The minimum Gasteiger partial charge on any atom is -0.481 e. The lowest BCUT2D eigenvalue weighted by Gasteiger charge is -2.19. The maximum absolute atomic E-state index is 12.2. The van der Waals surface area contributed by atoms with E-state index in [1.807, 2.05) is 0 Å². The predicted molar refractivity (Wildman–Crippen MR) is 72.9 cm³/mol. The number of rotatable bonds is 7. The van der Waals surface area contributed by atoms with Gasteiger partial charge in [-0.05, 0) is 25.7 Å². The molecule has 1 saturated carbocycles. The van der Waals surface area contributed by atoms with Crippen LogP contribution in [-0.4, -0.2) is 34.3 Å². The molecule has 2 unspecified atom stereocenters. The van der Waals surface area contributed by atoms with Crippen LogP contribution in [0.15, 0.2) is 0 Å². The lowest BCUT2D eigenvalue weighted by atomic mass is 9.81. The number of carboxylic acid groups (broad SMARTS) is 1. The van der Waals surface area contributed by atoms with Crippen molar-refractivity contribution < 1.29 is 19.5 Å². The summed E-state index contributed by atoms with van der Waals surface area (Å²) < 4.78 is 0. The van der Waals surface area contributed by atoms with Crippen LogP contribution < -0.4 is 0 Å². The highest BCUT2D eigenvalue weighted by Crippen LogP contribution is 2.38. The number of carbonyl (C=O) groups excluding carboxylic acids is 2. The molecule has 2 atom stereocenters. The van der Waals surface area contributed by atoms with Crippen LogP contribution in [0.4, 0.5) is 0 Å². The summed E-state index contributed by atoms with van der Waals surface area (Å²) in [5.41, 5.74) is 0. The zero-order valence-electron chi connectivity index (χ0n) is 11.8.